The lowest BCUT2D eigenvalue weighted by Gasteiger charge is -2.19. The quantitative estimate of drug-likeness (QED) is 0.178. The van der Waals surface area contributed by atoms with Gasteiger partial charge in [-0.1, -0.05) is 53.7 Å². The molecule has 3 aromatic carbocycles. The van der Waals surface area contributed by atoms with Gasteiger partial charge < -0.3 is 18.7 Å². The molecule has 4 rings (SSSR count). The van der Waals surface area contributed by atoms with Crippen LogP contribution in [0.1, 0.15) is 37.5 Å². The lowest BCUT2D eigenvalue weighted by molar-refractivity contribution is -0.160. The Kier molecular flexibility index (Phi) is 8.71. The smallest absolute Gasteiger partial charge is 0.332 e. The van der Waals surface area contributed by atoms with Gasteiger partial charge >= 0.3 is 5.97 Å². The van der Waals surface area contributed by atoms with Crippen LogP contribution < -0.4 is 0 Å². The number of carbonyl (C=O) groups excluding carboxylic acids is 1. The van der Waals surface area contributed by atoms with E-state index >= 15 is 0 Å². The van der Waals surface area contributed by atoms with Crippen LogP contribution >= 0.6 is 0 Å². The zero-order valence-corrected chi connectivity index (χ0v) is 22.6. The molecule has 1 aromatic heterocycles. The van der Waals surface area contributed by atoms with Gasteiger partial charge in [-0.25, -0.2) is 4.79 Å². The van der Waals surface area contributed by atoms with Gasteiger partial charge in [0.15, 0.2) is 0 Å². The van der Waals surface area contributed by atoms with Crippen LogP contribution in [0.15, 0.2) is 71.3 Å². The maximum atomic E-state index is 11.8. The highest BCUT2D eigenvalue weighted by Gasteiger charge is 2.17. The highest BCUT2D eigenvalue weighted by Crippen LogP contribution is 2.31. The van der Waals surface area contributed by atoms with Crippen molar-refractivity contribution in [3.05, 3.63) is 83.4 Å². The van der Waals surface area contributed by atoms with Crippen molar-refractivity contribution < 1.29 is 23.5 Å². The SMILES string of the molecule is COCc1cc(-c2nc(-c3cccc(CCOCC(=O)OC(C)(C)C)c3)no2)ccc1-c1ccccc1C. The molecule has 1 heterocycles. The van der Waals surface area contributed by atoms with E-state index in [1.165, 1.54) is 11.1 Å². The van der Waals surface area contributed by atoms with Gasteiger partial charge in [-0.05, 0) is 80.1 Å². The Morgan fingerprint density at radius 2 is 1.76 bits per heavy atom. The zero-order valence-electron chi connectivity index (χ0n) is 22.6. The molecule has 0 fully saturated rings. The second-order valence-corrected chi connectivity index (χ2v) is 10.1. The number of hydrogen-bond acceptors (Lipinski definition) is 7. The van der Waals surface area contributed by atoms with E-state index in [1.807, 2.05) is 69.3 Å². The highest BCUT2D eigenvalue weighted by atomic mass is 16.6. The third kappa shape index (κ3) is 7.15. The molecule has 198 valence electrons. The molecule has 0 aliphatic rings. The molecule has 0 radical (unpaired) electrons. The summed E-state index contributed by atoms with van der Waals surface area (Å²) in [4.78, 5) is 16.5. The predicted molar refractivity (Wildman–Crippen MR) is 146 cm³/mol. The van der Waals surface area contributed by atoms with Crippen LogP contribution in [0.3, 0.4) is 0 Å². The van der Waals surface area contributed by atoms with Crippen molar-refractivity contribution in [1.82, 2.24) is 10.1 Å². The van der Waals surface area contributed by atoms with E-state index in [0.717, 1.165) is 27.8 Å². The monoisotopic (exact) mass is 514 g/mol. The first-order valence-electron chi connectivity index (χ1n) is 12.6. The lowest BCUT2D eigenvalue weighted by Crippen LogP contribution is -2.26. The van der Waals surface area contributed by atoms with Gasteiger partial charge in [-0.3, -0.25) is 0 Å². The molecule has 0 unspecified atom stereocenters. The number of aromatic nitrogens is 2. The topological polar surface area (TPSA) is 83.7 Å². The summed E-state index contributed by atoms with van der Waals surface area (Å²) in [5, 5.41) is 4.22. The molecule has 0 saturated heterocycles. The highest BCUT2D eigenvalue weighted by molar-refractivity contribution is 5.74. The number of nitrogens with zero attached hydrogens (tertiary/aromatic N) is 2. The summed E-state index contributed by atoms with van der Waals surface area (Å²) in [6, 6.07) is 22.3. The third-order valence-electron chi connectivity index (χ3n) is 5.87. The van der Waals surface area contributed by atoms with Crippen LogP contribution in [0.2, 0.25) is 0 Å². The fraction of sp³-hybridized carbons (Fsp3) is 0.323. The number of esters is 1. The maximum Gasteiger partial charge on any atom is 0.332 e. The Balaban J connectivity index is 1.45. The summed E-state index contributed by atoms with van der Waals surface area (Å²) in [5.41, 5.74) is 6.74. The van der Waals surface area contributed by atoms with Crippen LogP contribution in [-0.2, 0) is 32.0 Å². The minimum atomic E-state index is -0.521. The average Bonchev–Trinajstić information content (AvgIpc) is 3.37. The maximum absolute atomic E-state index is 11.8. The van der Waals surface area contributed by atoms with E-state index < -0.39 is 5.60 Å². The molecule has 0 N–H and O–H groups in total. The van der Waals surface area contributed by atoms with Crippen LogP contribution in [0.25, 0.3) is 34.0 Å². The first-order valence-corrected chi connectivity index (χ1v) is 12.6. The van der Waals surface area contributed by atoms with Crippen molar-refractivity contribution in [2.24, 2.45) is 0 Å². The zero-order chi connectivity index (χ0) is 27.1. The molecular formula is C31H34N2O5. The van der Waals surface area contributed by atoms with Crippen molar-refractivity contribution in [1.29, 1.82) is 0 Å². The summed E-state index contributed by atoms with van der Waals surface area (Å²) in [6.07, 6.45) is 0.641. The largest absolute Gasteiger partial charge is 0.458 e. The minimum absolute atomic E-state index is 0.0706. The Morgan fingerprint density at radius 1 is 0.947 bits per heavy atom. The molecule has 0 atom stereocenters. The van der Waals surface area contributed by atoms with E-state index in [0.29, 0.717) is 31.3 Å². The third-order valence-corrected chi connectivity index (χ3v) is 5.87. The Bertz CT molecular complexity index is 1390. The molecule has 38 heavy (non-hydrogen) atoms. The average molecular weight is 515 g/mol. The van der Waals surface area contributed by atoms with E-state index in [9.17, 15) is 4.79 Å². The van der Waals surface area contributed by atoms with Crippen molar-refractivity contribution >= 4 is 5.97 Å². The number of aryl methyl sites for hydroxylation is 1. The molecular weight excluding hydrogens is 480 g/mol. The molecule has 7 nitrogen and oxygen atoms in total. The second-order valence-electron chi connectivity index (χ2n) is 10.1. The minimum Gasteiger partial charge on any atom is -0.458 e. The molecule has 0 aliphatic carbocycles. The van der Waals surface area contributed by atoms with Crippen molar-refractivity contribution in [3.8, 4) is 34.0 Å². The van der Waals surface area contributed by atoms with Crippen molar-refractivity contribution in [2.45, 2.75) is 46.3 Å². The molecule has 0 amide bonds. The first-order chi connectivity index (χ1) is 18.2. The molecule has 0 saturated carbocycles. The van der Waals surface area contributed by atoms with Gasteiger partial charge in [0.1, 0.15) is 12.2 Å². The number of hydrogen-bond donors (Lipinski definition) is 0. The Hall–Kier alpha value is -3.81. The summed E-state index contributed by atoms with van der Waals surface area (Å²) < 4.78 is 21.9. The number of benzene rings is 3. The summed E-state index contributed by atoms with van der Waals surface area (Å²) in [6.45, 7) is 8.40. The predicted octanol–water partition coefficient (Wildman–Crippen LogP) is 6.43. The fourth-order valence-electron chi connectivity index (χ4n) is 4.18. The van der Waals surface area contributed by atoms with E-state index in [2.05, 4.69) is 35.3 Å². The molecule has 7 heteroatoms. The summed E-state index contributed by atoms with van der Waals surface area (Å²) >= 11 is 0. The van der Waals surface area contributed by atoms with Crippen molar-refractivity contribution in [2.75, 3.05) is 20.3 Å². The molecule has 0 spiro atoms. The Labute approximate surface area is 223 Å². The standard InChI is InChI=1S/C31H34N2O5/c1-21-9-6-7-12-26(21)27-14-13-24(18-25(27)19-35-5)30-32-29(33-38-30)23-11-8-10-22(17-23)15-16-36-20-28(34)37-31(2,3)4/h6-14,17-18H,15-16,19-20H2,1-5H3. The van der Waals surface area contributed by atoms with Gasteiger partial charge in [0.05, 0.1) is 13.2 Å². The van der Waals surface area contributed by atoms with Gasteiger partial charge in [0.25, 0.3) is 5.89 Å². The molecule has 0 aliphatic heterocycles. The lowest BCUT2D eigenvalue weighted by atomic mass is 9.94. The second kappa shape index (κ2) is 12.2. The van der Waals surface area contributed by atoms with Gasteiger partial charge in [-0.2, -0.15) is 4.98 Å². The van der Waals surface area contributed by atoms with E-state index in [4.69, 9.17) is 18.7 Å². The van der Waals surface area contributed by atoms with Crippen molar-refractivity contribution in [3.63, 3.8) is 0 Å². The Morgan fingerprint density at radius 3 is 2.53 bits per heavy atom. The fourth-order valence-corrected chi connectivity index (χ4v) is 4.18. The van der Waals surface area contributed by atoms with Crippen LogP contribution in [0, 0.1) is 6.92 Å². The summed E-state index contributed by atoms with van der Waals surface area (Å²) in [5.74, 6) is 0.582. The molecule has 4 aromatic rings. The molecule has 0 bridgehead atoms. The number of ether oxygens (including phenoxy) is 3. The van der Waals surface area contributed by atoms with E-state index in [1.54, 1.807) is 7.11 Å². The number of rotatable bonds is 10. The summed E-state index contributed by atoms with van der Waals surface area (Å²) in [7, 11) is 1.69. The normalized spacial score (nSPS) is 11.5. The first kappa shape index (κ1) is 27.2. The van der Waals surface area contributed by atoms with Gasteiger partial charge in [-0.15, -0.1) is 0 Å². The van der Waals surface area contributed by atoms with Crippen LogP contribution in [0.4, 0.5) is 0 Å². The number of carbonyl (C=O) groups is 1. The van der Waals surface area contributed by atoms with Gasteiger partial charge in [0.2, 0.25) is 5.82 Å². The van der Waals surface area contributed by atoms with Crippen LogP contribution in [0.5, 0.6) is 0 Å². The van der Waals surface area contributed by atoms with E-state index in [-0.39, 0.29) is 12.6 Å². The van der Waals surface area contributed by atoms with Crippen LogP contribution in [-0.4, -0.2) is 42.0 Å². The number of methoxy groups -OCH3 is 1. The van der Waals surface area contributed by atoms with Gasteiger partial charge in [0, 0.05) is 18.2 Å².